The topological polar surface area (TPSA) is 43.1 Å². The number of nitrogens with two attached hydrogens (primary N) is 1. The first-order valence-corrected chi connectivity index (χ1v) is 5.93. The van der Waals surface area contributed by atoms with E-state index < -0.39 is 0 Å². The van der Waals surface area contributed by atoms with Crippen molar-refractivity contribution in [3.63, 3.8) is 0 Å². The van der Waals surface area contributed by atoms with Gasteiger partial charge in [-0.1, -0.05) is 13.3 Å². The van der Waals surface area contributed by atoms with E-state index in [9.17, 15) is 4.79 Å². The molecule has 0 bridgehead atoms. The molecule has 2 N–H and O–H groups in total. The van der Waals surface area contributed by atoms with Gasteiger partial charge in [-0.25, -0.2) is 0 Å². The molecule has 1 amide bonds. The lowest BCUT2D eigenvalue weighted by Crippen LogP contribution is -2.11. The van der Waals surface area contributed by atoms with Crippen LogP contribution in [0.15, 0.2) is 6.07 Å². The Morgan fingerprint density at radius 2 is 2.50 bits per heavy atom. The van der Waals surface area contributed by atoms with Crippen LogP contribution in [0.1, 0.15) is 39.9 Å². The van der Waals surface area contributed by atoms with Crippen LogP contribution in [0.25, 0.3) is 0 Å². The highest BCUT2D eigenvalue weighted by atomic mass is 32.1. The number of thiophene rings is 1. The predicted molar refractivity (Wildman–Crippen MR) is 58.6 cm³/mol. The fourth-order valence-electron chi connectivity index (χ4n) is 2.07. The number of aryl methyl sites for hydroxylation is 1. The van der Waals surface area contributed by atoms with Crippen molar-refractivity contribution < 1.29 is 4.79 Å². The van der Waals surface area contributed by atoms with Gasteiger partial charge in [0, 0.05) is 4.88 Å². The Morgan fingerprint density at radius 1 is 1.71 bits per heavy atom. The monoisotopic (exact) mass is 209 g/mol. The minimum absolute atomic E-state index is 0.280. The summed E-state index contributed by atoms with van der Waals surface area (Å²) >= 11 is 1.58. The fraction of sp³-hybridized carbons (Fsp3) is 0.545. The van der Waals surface area contributed by atoms with Gasteiger partial charge in [0.25, 0.3) is 5.91 Å². The van der Waals surface area contributed by atoms with E-state index in [1.807, 2.05) is 6.07 Å². The second-order valence-electron chi connectivity index (χ2n) is 3.94. The lowest BCUT2D eigenvalue weighted by Gasteiger charge is -2.19. The van der Waals surface area contributed by atoms with Gasteiger partial charge in [0.2, 0.25) is 0 Å². The number of primary amides is 1. The zero-order valence-electron chi connectivity index (χ0n) is 8.38. The molecule has 3 heteroatoms. The average molecular weight is 209 g/mol. The number of carbonyl (C=O) groups excluding carboxylic acids is 1. The molecule has 0 aromatic carbocycles. The molecule has 1 aromatic heterocycles. The quantitative estimate of drug-likeness (QED) is 0.798. The Morgan fingerprint density at radius 3 is 3.14 bits per heavy atom. The fourth-order valence-corrected chi connectivity index (χ4v) is 3.13. The average Bonchev–Trinajstić information content (AvgIpc) is 2.59. The molecule has 1 aliphatic rings. The SMILES string of the molecule is CC[C@@H]1CCc2sc(C(N)=O)cc2C1. The largest absolute Gasteiger partial charge is 0.365 e. The maximum atomic E-state index is 11.0. The molecule has 0 spiro atoms. The van der Waals surface area contributed by atoms with Gasteiger partial charge in [-0.05, 0) is 36.8 Å². The molecule has 1 aromatic rings. The van der Waals surface area contributed by atoms with Crippen LogP contribution in [0.5, 0.6) is 0 Å². The smallest absolute Gasteiger partial charge is 0.258 e. The number of fused-ring (bicyclic) bond motifs is 1. The van der Waals surface area contributed by atoms with Gasteiger partial charge in [0.05, 0.1) is 4.88 Å². The second kappa shape index (κ2) is 3.73. The molecule has 0 radical (unpaired) electrons. The summed E-state index contributed by atoms with van der Waals surface area (Å²) in [5, 5.41) is 0. The van der Waals surface area contributed by atoms with Crippen molar-refractivity contribution in [1.29, 1.82) is 0 Å². The molecule has 2 nitrogen and oxygen atoms in total. The van der Waals surface area contributed by atoms with Crippen molar-refractivity contribution in [2.24, 2.45) is 11.7 Å². The molecule has 1 aliphatic carbocycles. The van der Waals surface area contributed by atoms with Crippen LogP contribution >= 0.6 is 11.3 Å². The van der Waals surface area contributed by atoms with Crippen LogP contribution in [0.3, 0.4) is 0 Å². The molecule has 76 valence electrons. The Hall–Kier alpha value is -0.830. The van der Waals surface area contributed by atoms with E-state index in [-0.39, 0.29) is 5.91 Å². The highest BCUT2D eigenvalue weighted by Gasteiger charge is 2.20. The van der Waals surface area contributed by atoms with Crippen molar-refractivity contribution in [3.8, 4) is 0 Å². The minimum Gasteiger partial charge on any atom is -0.365 e. The third-order valence-electron chi connectivity index (χ3n) is 3.01. The lowest BCUT2D eigenvalue weighted by atomic mass is 9.87. The molecule has 1 atom stereocenters. The molecule has 1 heterocycles. The van der Waals surface area contributed by atoms with Gasteiger partial charge in [-0.3, -0.25) is 4.79 Å². The summed E-state index contributed by atoms with van der Waals surface area (Å²) in [6, 6.07) is 1.99. The first-order valence-electron chi connectivity index (χ1n) is 5.12. The van der Waals surface area contributed by atoms with E-state index >= 15 is 0 Å². The van der Waals surface area contributed by atoms with Crippen LogP contribution < -0.4 is 5.73 Å². The number of carbonyl (C=O) groups is 1. The van der Waals surface area contributed by atoms with Gasteiger partial charge >= 0.3 is 0 Å². The molecule has 14 heavy (non-hydrogen) atoms. The third kappa shape index (κ3) is 1.69. The van der Waals surface area contributed by atoms with Crippen LogP contribution in [-0.4, -0.2) is 5.91 Å². The predicted octanol–water partition coefficient (Wildman–Crippen LogP) is 2.36. The van der Waals surface area contributed by atoms with E-state index in [4.69, 9.17) is 5.73 Å². The van der Waals surface area contributed by atoms with Crippen LogP contribution in [-0.2, 0) is 12.8 Å². The van der Waals surface area contributed by atoms with Crippen molar-refractivity contribution in [2.45, 2.75) is 32.6 Å². The molecule has 0 fully saturated rings. The summed E-state index contributed by atoms with van der Waals surface area (Å²) in [5.41, 5.74) is 6.63. The molecule has 0 saturated carbocycles. The molecule has 0 saturated heterocycles. The second-order valence-corrected chi connectivity index (χ2v) is 5.08. The Labute approximate surface area is 88.1 Å². The van der Waals surface area contributed by atoms with E-state index in [1.54, 1.807) is 11.3 Å². The van der Waals surface area contributed by atoms with E-state index in [0.29, 0.717) is 0 Å². The molecular weight excluding hydrogens is 194 g/mol. The Balaban J connectivity index is 2.25. The zero-order chi connectivity index (χ0) is 10.1. The van der Waals surface area contributed by atoms with E-state index in [2.05, 4.69) is 6.92 Å². The van der Waals surface area contributed by atoms with Gasteiger partial charge < -0.3 is 5.73 Å². The summed E-state index contributed by atoms with van der Waals surface area (Å²) in [4.78, 5) is 13.1. The van der Waals surface area contributed by atoms with Crippen molar-refractivity contribution in [2.75, 3.05) is 0 Å². The van der Waals surface area contributed by atoms with Crippen LogP contribution in [0, 0.1) is 5.92 Å². The zero-order valence-corrected chi connectivity index (χ0v) is 9.19. The number of rotatable bonds is 2. The van der Waals surface area contributed by atoms with Crippen molar-refractivity contribution in [1.82, 2.24) is 0 Å². The lowest BCUT2D eigenvalue weighted by molar-refractivity contribution is 0.100. The number of amides is 1. The summed E-state index contributed by atoms with van der Waals surface area (Å²) in [7, 11) is 0. The van der Waals surface area contributed by atoms with E-state index in [1.165, 1.54) is 23.3 Å². The first-order chi connectivity index (χ1) is 6.70. The van der Waals surface area contributed by atoms with E-state index in [0.717, 1.165) is 23.6 Å². The highest BCUT2D eigenvalue weighted by molar-refractivity contribution is 7.14. The maximum absolute atomic E-state index is 11.0. The summed E-state index contributed by atoms with van der Waals surface area (Å²) in [6.45, 7) is 2.23. The molecule has 0 unspecified atom stereocenters. The first kappa shape index (κ1) is 9.71. The summed E-state index contributed by atoms with van der Waals surface area (Å²) < 4.78 is 0. The highest BCUT2D eigenvalue weighted by Crippen LogP contribution is 2.33. The van der Waals surface area contributed by atoms with Gasteiger partial charge in [-0.15, -0.1) is 11.3 Å². The van der Waals surface area contributed by atoms with Gasteiger partial charge in [-0.2, -0.15) is 0 Å². The summed E-state index contributed by atoms with van der Waals surface area (Å²) in [5.74, 6) is 0.523. The maximum Gasteiger partial charge on any atom is 0.258 e. The van der Waals surface area contributed by atoms with Crippen LogP contribution in [0.2, 0.25) is 0 Å². The Bertz CT molecular complexity index is 356. The molecular formula is C11H15NOS. The van der Waals surface area contributed by atoms with Gasteiger partial charge in [0.15, 0.2) is 0 Å². The molecule has 2 rings (SSSR count). The van der Waals surface area contributed by atoms with Crippen molar-refractivity contribution >= 4 is 17.2 Å². The standard InChI is InChI=1S/C11H15NOS/c1-2-7-3-4-9-8(5-7)6-10(14-9)11(12)13/h6-7H,2-5H2,1H3,(H2,12,13)/t7-/m1/s1. The van der Waals surface area contributed by atoms with Gasteiger partial charge in [0.1, 0.15) is 0 Å². The van der Waals surface area contributed by atoms with Crippen molar-refractivity contribution in [3.05, 3.63) is 21.4 Å². The number of hydrogen-bond donors (Lipinski definition) is 1. The summed E-state index contributed by atoms with van der Waals surface area (Å²) in [6.07, 6.45) is 4.77. The van der Waals surface area contributed by atoms with Crippen LogP contribution in [0.4, 0.5) is 0 Å². The third-order valence-corrected chi connectivity index (χ3v) is 4.26. The molecule has 0 aliphatic heterocycles. The Kier molecular flexibility index (Phi) is 2.59. The number of hydrogen-bond acceptors (Lipinski definition) is 2. The minimum atomic E-state index is -0.280. The normalized spacial score (nSPS) is 20.5.